The minimum atomic E-state index is -0.720. The lowest BCUT2D eigenvalue weighted by Crippen LogP contribution is -2.40. The molecule has 1 aliphatic rings. The molecule has 0 radical (unpaired) electrons. The van der Waals surface area contributed by atoms with Crippen LogP contribution in [0, 0.1) is 16.7 Å². The molecule has 0 unspecified atom stereocenters. The largest absolute Gasteiger partial charge is 0.388 e. The molecule has 11 heavy (non-hydrogen) atoms. The predicted molar refractivity (Wildman–Crippen MR) is 42.8 cm³/mol. The highest BCUT2D eigenvalue weighted by atomic mass is 16.3. The monoisotopic (exact) mass is 153 g/mol. The highest BCUT2D eigenvalue weighted by molar-refractivity contribution is 5.08. The molecule has 0 aliphatic heterocycles. The summed E-state index contributed by atoms with van der Waals surface area (Å²) in [5.41, 5.74) is -1.30. The van der Waals surface area contributed by atoms with Gasteiger partial charge in [0, 0.05) is 0 Å². The first-order chi connectivity index (χ1) is 5.02. The minimum absolute atomic E-state index is 0.580. The van der Waals surface area contributed by atoms with Gasteiger partial charge in [-0.2, -0.15) is 5.26 Å². The summed E-state index contributed by atoms with van der Waals surface area (Å²) in [5, 5.41) is 18.8. The Morgan fingerprint density at radius 2 is 1.82 bits per heavy atom. The fourth-order valence-corrected chi connectivity index (χ4v) is 1.69. The molecule has 2 heteroatoms. The summed E-state index contributed by atoms with van der Waals surface area (Å²) in [6.45, 7) is 3.64. The molecule has 0 heterocycles. The second-order valence-corrected chi connectivity index (χ2v) is 3.98. The zero-order valence-corrected chi connectivity index (χ0v) is 7.22. The van der Waals surface area contributed by atoms with E-state index in [1.54, 1.807) is 0 Å². The van der Waals surface area contributed by atoms with Gasteiger partial charge in [-0.1, -0.05) is 12.8 Å². The van der Waals surface area contributed by atoms with Crippen molar-refractivity contribution in [2.45, 2.75) is 45.1 Å². The van der Waals surface area contributed by atoms with Gasteiger partial charge in [-0.25, -0.2) is 0 Å². The zero-order valence-electron chi connectivity index (χ0n) is 7.22. The molecule has 0 bridgehead atoms. The number of aliphatic hydroxyl groups is 1. The molecule has 0 atom stereocenters. The smallest absolute Gasteiger partial charge is 0.0827 e. The topological polar surface area (TPSA) is 44.0 Å². The Bertz CT molecular complexity index is 184. The van der Waals surface area contributed by atoms with Gasteiger partial charge in [-0.05, 0) is 26.7 Å². The van der Waals surface area contributed by atoms with Crippen LogP contribution in [0.1, 0.15) is 39.5 Å². The van der Waals surface area contributed by atoms with Crippen molar-refractivity contribution < 1.29 is 5.11 Å². The normalized spacial score (nSPS) is 23.1. The van der Waals surface area contributed by atoms with E-state index < -0.39 is 11.0 Å². The maximum absolute atomic E-state index is 10.00. The van der Waals surface area contributed by atoms with Crippen LogP contribution in [0.15, 0.2) is 0 Å². The molecule has 1 rings (SSSR count). The van der Waals surface area contributed by atoms with Crippen molar-refractivity contribution >= 4 is 0 Å². The van der Waals surface area contributed by atoms with Crippen LogP contribution in [0.25, 0.3) is 0 Å². The van der Waals surface area contributed by atoms with Crippen molar-refractivity contribution in [1.82, 2.24) is 0 Å². The molecule has 0 aromatic heterocycles. The molecule has 62 valence electrons. The van der Waals surface area contributed by atoms with Gasteiger partial charge in [0.1, 0.15) is 0 Å². The Balaban J connectivity index is 2.80. The van der Waals surface area contributed by atoms with Gasteiger partial charge in [-0.15, -0.1) is 0 Å². The van der Waals surface area contributed by atoms with Gasteiger partial charge < -0.3 is 5.11 Å². The van der Waals surface area contributed by atoms with Crippen LogP contribution < -0.4 is 0 Å². The Hall–Kier alpha value is -0.550. The van der Waals surface area contributed by atoms with Crippen LogP contribution >= 0.6 is 0 Å². The molecule has 0 spiro atoms. The first-order valence-corrected chi connectivity index (χ1v) is 4.15. The zero-order chi connectivity index (χ0) is 8.54. The van der Waals surface area contributed by atoms with Crippen LogP contribution in [0.3, 0.4) is 0 Å². The third-order valence-electron chi connectivity index (χ3n) is 2.87. The highest BCUT2D eigenvalue weighted by Gasteiger charge is 2.45. The second-order valence-electron chi connectivity index (χ2n) is 3.98. The molecule has 1 fully saturated rings. The molecule has 1 N–H and O–H groups in total. The van der Waals surface area contributed by atoms with E-state index in [1.807, 2.05) is 13.8 Å². The van der Waals surface area contributed by atoms with E-state index in [-0.39, 0.29) is 0 Å². The average Bonchev–Trinajstić information content (AvgIpc) is 2.38. The predicted octanol–water partition coefficient (Wildman–Crippen LogP) is 1.84. The van der Waals surface area contributed by atoms with Crippen molar-refractivity contribution in [3.8, 4) is 6.07 Å². The molecule has 2 nitrogen and oxygen atoms in total. The van der Waals surface area contributed by atoms with Crippen molar-refractivity contribution in [3.05, 3.63) is 0 Å². The number of hydrogen-bond donors (Lipinski definition) is 1. The Kier molecular flexibility index (Phi) is 1.94. The molecular formula is C9H15NO. The van der Waals surface area contributed by atoms with Gasteiger partial charge in [-0.3, -0.25) is 0 Å². The van der Waals surface area contributed by atoms with Crippen LogP contribution in [-0.2, 0) is 0 Å². The van der Waals surface area contributed by atoms with E-state index in [4.69, 9.17) is 5.26 Å². The van der Waals surface area contributed by atoms with Crippen LogP contribution in [-0.4, -0.2) is 10.7 Å². The summed E-state index contributed by atoms with van der Waals surface area (Å²) in [4.78, 5) is 0. The number of nitrogens with zero attached hydrogens (tertiary/aromatic N) is 1. The SMILES string of the molecule is CC(C)(C#N)C1(O)CCCC1. The van der Waals surface area contributed by atoms with Crippen LogP contribution in [0.4, 0.5) is 0 Å². The van der Waals surface area contributed by atoms with E-state index in [9.17, 15) is 5.11 Å². The molecule has 1 saturated carbocycles. The number of hydrogen-bond acceptors (Lipinski definition) is 2. The lowest BCUT2D eigenvalue weighted by Gasteiger charge is -2.33. The van der Waals surface area contributed by atoms with Crippen LogP contribution in [0.2, 0.25) is 0 Å². The summed E-state index contributed by atoms with van der Waals surface area (Å²) in [6.07, 6.45) is 3.68. The van der Waals surface area contributed by atoms with Crippen molar-refractivity contribution in [2.75, 3.05) is 0 Å². The van der Waals surface area contributed by atoms with E-state index >= 15 is 0 Å². The standard InChI is InChI=1S/C9H15NO/c1-8(2,7-10)9(11)5-3-4-6-9/h11H,3-6H2,1-2H3. The summed E-state index contributed by atoms with van der Waals surface area (Å²) in [6, 6.07) is 2.17. The van der Waals surface area contributed by atoms with Gasteiger partial charge in [0.15, 0.2) is 0 Å². The van der Waals surface area contributed by atoms with E-state index in [0.29, 0.717) is 0 Å². The molecule has 0 aromatic rings. The van der Waals surface area contributed by atoms with Crippen molar-refractivity contribution in [2.24, 2.45) is 5.41 Å². The highest BCUT2D eigenvalue weighted by Crippen LogP contribution is 2.42. The van der Waals surface area contributed by atoms with E-state index in [2.05, 4.69) is 6.07 Å². The average molecular weight is 153 g/mol. The summed E-state index contributed by atoms with van der Waals surface area (Å²) in [5.74, 6) is 0. The Morgan fingerprint density at radius 3 is 2.18 bits per heavy atom. The fourth-order valence-electron chi connectivity index (χ4n) is 1.69. The maximum atomic E-state index is 10.00. The summed E-state index contributed by atoms with van der Waals surface area (Å²) >= 11 is 0. The van der Waals surface area contributed by atoms with Gasteiger partial charge in [0.05, 0.1) is 17.1 Å². The molecular weight excluding hydrogens is 138 g/mol. The number of rotatable bonds is 1. The molecule has 0 aromatic carbocycles. The third-order valence-corrected chi connectivity index (χ3v) is 2.87. The number of nitriles is 1. The first kappa shape index (κ1) is 8.55. The van der Waals surface area contributed by atoms with Gasteiger partial charge in [0.25, 0.3) is 0 Å². The minimum Gasteiger partial charge on any atom is -0.388 e. The van der Waals surface area contributed by atoms with Crippen LogP contribution in [0.5, 0.6) is 0 Å². The van der Waals surface area contributed by atoms with E-state index in [0.717, 1.165) is 25.7 Å². The summed E-state index contributed by atoms with van der Waals surface area (Å²) < 4.78 is 0. The second kappa shape index (κ2) is 2.49. The lowest BCUT2D eigenvalue weighted by atomic mass is 9.75. The first-order valence-electron chi connectivity index (χ1n) is 4.15. The molecule has 0 saturated heterocycles. The molecule has 0 amide bonds. The van der Waals surface area contributed by atoms with Gasteiger partial charge in [0.2, 0.25) is 0 Å². The van der Waals surface area contributed by atoms with Gasteiger partial charge >= 0.3 is 0 Å². The Morgan fingerprint density at radius 1 is 1.36 bits per heavy atom. The maximum Gasteiger partial charge on any atom is 0.0827 e. The summed E-state index contributed by atoms with van der Waals surface area (Å²) in [7, 11) is 0. The van der Waals surface area contributed by atoms with Crippen molar-refractivity contribution in [3.63, 3.8) is 0 Å². The quantitative estimate of drug-likeness (QED) is 0.624. The molecule has 1 aliphatic carbocycles. The Labute approximate surface area is 67.8 Å². The lowest BCUT2D eigenvalue weighted by molar-refractivity contribution is -0.0319. The van der Waals surface area contributed by atoms with Crippen molar-refractivity contribution in [1.29, 1.82) is 5.26 Å². The third kappa shape index (κ3) is 1.25. The van der Waals surface area contributed by atoms with E-state index in [1.165, 1.54) is 0 Å². The fraction of sp³-hybridized carbons (Fsp3) is 0.889.